The van der Waals surface area contributed by atoms with E-state index in [1.807, 2.05) is 0 Å². The first-order valence-electron chi connectivity index (χ1n) is 5.23. The topological polar surface area (TPSA) is 52.6 Å². The van der Waals surface area contributed by atoms with Crippen molar-refractivity contribution >= 4 is 11.9 Å². The maximum absolute atomic E-state index is 11.1. The molecule has 0 fully saturated rings. The molecule has 0 aliphatic heterocycles. The van der Waals surface area contributed by atoms with Gasteiger partial charge in [-0.1, -0.05) is 12.7 Å². The van der Waals surface area contributed by atoms with Crippen LogP contribution >= 0.6 is 0 Å². The van der Waals surface area contributed by atoms with Gasteiger partial charge in [-0.25, -0.2) is 0 Å². The highest BCUT2D eigenvalue weighted by Gasteiger charge is 2.05. The van der Waals surface area contributed by atoms with Crippen molar-refractivity contribution in [2.75, 3.05) is 0 Å². The normalized spacial score (nSPS) is 10.1. The van der Waals surface area contributed by atoms with Gasteiger partial charge in [-0.2, -0.15) is 0 Å². The summed E-state index contributed by atoms with van der Waals surface area (Å²) < 4.78 is 9.47. The van der Waals surface area contributed by atoms with Crippen molar-refractivity contribution in [2.45, 2.75) is 39.5 Å². The lowest BCUT2D eigenvalue weighted by Gasteiger charge is -2.02. The van der Waals surface area contributed by atoms with Crippen LogP contribution in [-0.2, 0) is 19.1 Å². The maximum atomic E-state index is 11.1. The van der Waals surface area contributed by atoms with Gasteiger partial charge in [0.2, 0.25) is 0 Å². The van der Waals surface area contributed by atoms with E-state index in [9.17, 15) is 9.59 Å². The lowest BCUT2D eigenvalue weighted by Crippen LogP contribution is -2.03. The summed E-state index contributed by atoms with van der Waals surface area (Å²) in [6.07, 6.45) is 4.81. The van der Waals surface area contributed by atoms with Crippen LogP contribution in [0, 0.1) is 0 Å². The average Bonchev–Trinajstić information content (AvgIpc) is 2.20. The van der Waals surface area contributed by atoms with Crippen LogP contribution in [-0.4, -0.2) is 11.9 Å². The van der Waals surface area contributed by atoms with Gasteiger partial charge in [-0.05, 0) is 26.7 Å². The largest absolute Gasteiger partial charge is 0.435 e. The van der Waals surface area contributed by atoms with Crippen LogP contribution in [0.3, 0.4) is 0 Å². The van der Waals surface area contributed by atoms with Crippen molar-refractivity contribution in [1.29, 1.82) is 0 Å². The molecular weight excluding hydrogens is 208 g/mol. The Labute approximate surface area is 95.9 Å². The summed E-state index contributed by atoms with van der Waals surface area (Å²) in [5.74, 6) is -0.210. The highest BCUT2D eigenvalue weighted by Crippen LogP contribution is 2.04. The van der Waals surface area contributed by atoms with Gasteiger partial charge in [0.1, 0.15) is 0 Å². The quantitative estimate of drug-likeness (QED) is 0.380. The Balaban J connectivity index is 3.49. The number of hydrogen-bond donors (Lipinski definition) is 0. The molecule has 90 valence electrons. The summed E-state index contributed by atoms with van der Waals surface area (Å²) in [7, 11) is 0. The molecule has 0 saturated carbocycles. The van der Waals surface area contributed by atoms with Gasteiger partial charge in [-0.15, -0.1) is 0 Å². The zero-order valence-electron chi connectivity index (χ0n) is 9.82. The Kier molecular flexibility index (Phi) is 7.85. The molecule has 0 amide bonds. The predicted octanol–water partition coefficient (Wildman–Crippen LogP) is 2.70. The average molecular weight is 226 g/mol. The van der Waals surface area contributed by atoms with Crippen LogP contribution in [0.2, 0.25) is 0 Å². The molecule has 0 unspecified atom stereocenters. The van der Waals surface area contributed by atoms with Gasteiger partial charge in [0, 0.05) is 12.8 Å². The molecule has 4 heteroatoms. The van der Waals surface area contributed by atoms with E-state index in [1.54, 1.807) is 19.9 Å². The Bertz CT molecular complexity index is 279. The molecule has 0 N–H and O–H groups in total. The molecule has 0 saturated heterocycles. The van der Waals surface area contributed by atoms with Crippen molar-refractivity contribution in [1.82, 2.24) is 0 Å². The minimum Gasteiger partial charge on any atom is -0.435 e. The second-order valence-electron chi connectivity index (χ2n) is 3.34. The van der Waals surface area contributed by atoms with Crippen LogP contribution in [0.15, 0.2) is 24.7 Å². The second-order valence-corrected chi connectivity index (χ2v) is 3.34. The molecule has 0 spiro atoms. The monoisotopic (exact) mass is 226 g/mol. The van der Waals surface area contributed by atoms with Crippen LogP contribution < -0.4 is 0 Å². The smallest absolute Gasteiger partial charge is 0.310 e. The molecule has 0 aromatic carbocycles. The Morgan fingerprint density at radius 2 is 1.75 bits per heavy atom. The fraction of sp³-hybridized carbons (Fsp3) is 0.500. The Morgan fingerprint density at radius 3 is 2.25 bits per heavy atom. The maximum Gasteiger partial charge on any atom is 0.310 e. The van der Waals surface area contributed by atoms with E-state index in [2.05, 4.69) is 6.58 Å². The molecule has 0 aromatic heterocycles. The standard InChI is InChI=1S/C12H18O4/c1-4-9-15-11(13)7-5-6-8-12(14)16-10(2)3/h4,9H,2,5-8H2,1,3H3. The van der Waals surface area contributed by atoms with Gasteiger partial charge in [-0.3, -0.25) is 9.59 Å². The van der Waals surface area contributed by atoms with Gasteiger partial charge in [0.05, 0.1) is 12.0 Å². The van der Waals surface area contributed by atoms with Crippen molar-refractivity contribution in [3.8, 4) is 0 Å². The molecule has 16 heavy (non-hydrogen) atoms. The van der Waals surface area contributed by atoms with Gasteiger partial charge >= 0.3 is 11.9 Å². The molecule has 0 aliphatic carbocycles. The van der Waals surface area contributed by atoms with E-state index >= 15 is 0 Å². The molecule has 0 radical (unpaired) electrons. The van der Waals surface area contributed by atoms with E-state index in [4.69, 9.17) is 9.47 Å². The third kappa shape index (κ3) is 8.99. The minimum atomic E-state index is -0.311. The highest BCUT2D eigenvalue weighted by atomic mass is 16.5. The Hall–Kier alpha value is -1.58. The van der Waals surface area contributed by atoms with E-state index in [0.29, 0.717) is 31.4 Å². The number of rotatable bonds is 7. The van der Waals surface area contributed by atoms with Crippen molar-refractivity contribution in [2.24, 2.45) is 0 Å². The molecule has 0 rings (SSSR count). The number of carbonyl (C=O) groups excluding carboxylic acids is 2. The van der Waals surface area contributed by atoms with Gasteiger partial charge in [0.15, 0.2) is 0 Å². The van der Waals surface area contributed by atoms with Crippen molar-refractivity contribution in [3.05, 3.63) is 24.7 Å². The molecular formula is C12H18O4. The first-order valence-corrected chi connectivity index (χ1v) is 5.23. The lowest BCUT2D eigenvalue weighted by atomic mass is 10.2. The third-order valence-electron chi connectivity index (χ3n) is 1.64. The number of carbonyl (C=O) groups is 2. The summed E-state index contributed by atoms with van der Waals surface area (Å²) in [6, 6.07) is 0. The fourth-order valence-electron chi connectivity index (χ4n) is 0.987. The van der Waals surface area contributed by atoms with Gasteiger partial charge in [0.25, 0.3) is 0 Å². The lowest BCUT2D eigenvalue weighted by molar-refractivity contribution is -0.141. The van der Waals surface area contributed by atoms with E-state index in [-0.39, 0.29) is 11.9 Å². The third-order valence-corrected chi connectivity index (χ3v) is 1.64. The molecule has 0 aliphatic rings. The van der Waals surface area contributed by atoms with E-state index in [1.165, 1.54) is 6.26 Å². The summed E-state index contributed by atoms with van der Waals surface area (Å²) in [5, 5.41) is 0. The number of esters is 2. The van der Waals surface area contributed by atoms with Crippen LogP contribution in [0.1, 0.15) is 39.5 Å². The Morgan fingerprint density at radius 1 is 1.19 bits per heavy atom. The zero-order chi connectivity index (χ0) is 12.4. The first-order chi connectivity index (χ1) is 7.56. The van der Waals surface area contributed by atoms with Gasteiger partial charge < -0.3 is 9.47 Å². The molecule has 0 aromatic rings. The highest BCUT2D eigenvalue weighted by molar-refractivity contribution is 5.71. The minimum absolute atomic E-state index is 0.286. The number of hydrogen-bond acceptors (Lipinski definition) is 4. The van der Waals surface area contributed by atoms with E-state index in [0.717, 1.165) is 0 Å². The molecule has 0 heterocycles. The van der Waals surface area contributed by atoms with Crippen LogP contribution in [0.4, 0.5) is 0 Å². The fourth-order valence-corrected chi connectivity index (χ4v) is 0.987. The summed E-state index contributed by atoms with van der Waals surface area (Å²) in [4.78, 5) is 22.1. The summed E-state index contributed by atoms with van der Waals surface area (Å²) in [5.41, 5.74) is 0. The van der Waals surface area contributed by atoms with E-state index < -0.39 is 0 Å². The van der Waals surface area contributed by atoms with Crippen LogP contribution in [0.25, 0.3) is 0 Å². The molecule has 0 atom stereocenters. The predicted molar refractivity (Wildman–Crippen MR) is 60.3 cm³/mol. The second kappa shape index (κ2) is 8.71. The summed E-state index contributed by atoms with van der Waals surface area (Å²) in [6.45, 7) is 6.84. The number of unbranched alkanes of at least 4 members (excludes halogenated alkanes) is 1. The number of ether oxygens (including phenoxy) is 2. The number of allylic oxidation sites excluding steroid dienone is 2. The van der Waals surface area contributed by atoms with Crippen molar-refractivity contribution in [3.63, 3.8) is 0 Å². The zero-order valence-corrected chi connectivity index (χ0v) is 9.82. The SMILES string of the molecule is C=C(C)OC(=O)CCCCC(=O)OC=CC. The molecule has 4 nitrogen and oxygen atoms in total. The summed E-state index contributed by atoms with van der Waals surface area (Å²) >= 11 is 0. The van der Waals surface area contributed by atoms with Crippen molar-refractivity contribution < 1.29 is 19.1 Å². The first kappa shape index (κ1) is 14.4. The van der Waals surface area contributed by atoms with Crippen LogP contribution in [0.5, 0.6) is 0 Å². The molecule has 0 bridgehead atoms.